The number of nitrogens with one attached hydrogen (secondary N) is 1. The fraction of sp³-hybridized carbons (Fsp3) is 0.500. The highest BCUT2D eigenvalue weighted by Gasteiger charge is 2.22. The van der Waals surface area contributed by atoms with Gasteiger partial charge in [-0.2, -0.15) is 0 Å². The van der Waals surface area contributed by atoms with Crippen LogP contribution in [0.15, 0.2) is 22.8 Å². The van der Waals surface area contributed by atoms with Crippen molar-refractivity contribution in [3.05, 3.63) is 24.2 Å². The lowest BCUT2D eigenvalue weighted by Gasteiger charge is -2.18. The smallest absolute Gasteiger partial charge is 0.263 e. The van der Waals surface area contributed by atoms with Gasteiger partial charge in [0.1, 0.15) is 18.5 Å². The summed E-state index contributed by atoms with van der Waals surface area (Å²) in [6.07, 6.45) is 1.01. The van der Waals surface area contributed by atoms with Crippen molar-refractivity contribution in [1.82, 2.24) is 5.43 Å². The molecule has 0 saturated carbocycles. The third-order valence-electron chi connectivity index (χ3n) is 1.99. The fourth-order valence-electron chi connectivity index (χ4n) is 1.22. The summed E-state index contributed by atoms with van der Waals surface area (Å²) in [5.74, 6) is 5.48. The molecule has 84 valence electrons. The molecular weight excluding hydrogens is 196 g/mol. The summed E-state index contributed by atoms with van der Waals surface area (Å²) in [5.41, 5.74) is 2.08. The molecule has 1 aromatic rings. The average Bonchev–Trinajstić information content (AvgIpc) is 2.70. The SMILES string of the molecule is CC(C)C(OCc1ccco1)C(=O)NN. The first kappa shape index (κ1) is 11.7. The number of hydrazine groups is 1. The van der Waals surface area contributed by atoms with E-state index in [1.165, 1.54) is 0 Å². The topological polar surface area (TPSA) is 77.5 Å². The van der Waals surface area contributed by atoms with E-state index in [1.54, 1.807) is 18.4 Å². The first-order valence-corrected chi connectivity index (χ1v) is 4.79. The molecule has 0 aromatic carbocycles. The summed E-state index contributed by atoms with van der Waals surface area (Å²) >= 11 is 0. The van der Waals surface area contributed by atoms with Crippen LogP contribution in [0.4, 0.5) is 0 Å². The van der Waals surface area contributed by atoms with Crippen molar-refractivity contribution in [3.8, 4) is 0 Å². The van der Waals surface area contributed by atoms with Gasteiger partial charge in [0.15, 0.2) is 0 Å². The molecule has 1 aromatic heterocycles. The van der Waals surface area contributed by atoms with Crippen LogP contribution in [-0.4, -0.2) is 12.0 Å². The summed E-state index contributed by atoms with van der Waals surface area (Å²) in [7, 11) is 0. The lowest BCUT2D eigenvalue weighted by molar-refractivity contribution is -0.137. The number of ether oxygens (including phenoxy) is 1. The first-order valence-electron chi connectivity index (χ1n) is 4.79. The van der Waals surface area contributed by atoms with E-state index < -0.39 is 6.10 Å². The van der Waals surface area contributed by atoms with Crippen LogP contribution in [0.2, 0.25) is 0 Å². The zero-order valence-corrected chi connectivity index (χ0v) is 8.90. The van der Waals surface area contributed by atoms with Crippen LogP contribution in [0.3, 0.4) is 0 Å². The fourth-order valence-corrected chi connectivity index (χ4v) is 1.22. The zero-order valence-electron chi connectivity index (χ0n) is 8.90. The largest absolute Gasteiger partial charge is 0.467 e. The first-order chi connectivity index (χ1) is 7.15. The molecule has 1 rings (SSSR count). The molecular formula is C10H16N2O3. The Balaban J connectivity index is 2.49. The minimum absolute atomic E-state index is 0.0588. The van der Waals surface area contributed by atoms with Gasteiger partial charge in [-0.1, -0.05) is 13.8 Å². The highest BCUT2D eigenvalue weighted by Crippen LogP contribution is 2.10. The molecule has 0 radical (unpaired) electrons. The second-order valence-electron chi connectivity index (χ2n) is 3.56. The van der Waals surface area contributed by atoms with Crippen molar-refractivity contribution in [2.45, 2.75) is 26.6 Å². The normalized spacial score (nSPS) is 12.8. The molecule has 3 N–H and O–H groups in total. The van der Waals surface area contributed by atoms with E-state index in [-0.39, 0.29) is 18.4 Å². The maximum absolute atomic E-state index is 11.3. The summed E-state index contributed by atoms with van der Waals surface area (Å²) in [4.78, 5) is 11.3. The van der Waals surface area contributed by atoms with E-state index in [9.17, 15) is 4.79 Å². The number of amides is 1. The molecule has 0 fully saturated rings. The Kier molecular flexibility index (Phi) is 4.33. The van der Waals surface area contributed by atoms with Crippen molar-refractivity contribution < 1.29 is 13.9 Å². The van der Waals surface area contributed by atoms with Crippen LogP contribution >= 0.6 is 0 Å². The lowest BCUT2D eigenvalue weighted by Crippen LogP contribution is -2.43. The minimum atomic E-state index is -0.555. The molecule has 15 heavy (non-hydrogen) atoms. The van der Waals surface area contributed by atoms with Crippen LogP contribution < -0.4 is 11.3 Å². The number of hydrogen-bond donors (Lipinski definition) is 2. The number of carbonyl (C=O) groups excluding carboxylic acids is 1. The van der Waals surface area contributed by atoms with E-state index >= 15 is 0 Å². The molecule has 5 heteroatoms. The molecule has 1 amide bonds. The zero-order chi connectivity index (χ0) is 11.3. The van der Waals surface area contributed by atoms with Gasteiger partial charge in [0.2, 0.25) is 0 Å². The molecule has 0 aliphatic rings. The Morgan fingerprint density at radius 3 is 2.87 bits per heavy atom. The van der Waals surface area contributed by atoms with E-state index in [4.69, 9.17) is 15.0 Å². The van der Waals surface area contributed by atoms with Gasteiger partial charge in [0, 0.05) is 0 Å². The van der Waals surface area contributed by atoms with Gasteiger partial charge in [0.05, 0.1) is 6.26 Å². The van der Waals surface area contributed by atoms with E-state index in [0.717, 1.165) is 0 Å². The molecule has 1 heterocycles. The standard InChI is InChI=1S/C10H16N2O3/c1-7(2)9(10(13)12-11)15-6-8-4-3-5-14-8/h3-5,7,9H,6,11H2,1-2H3,(H,12,13). The molecule has 0 spiro atoms. The van der Waals surface area contributed by atoms with Gasteiger partial charge in [-0.3, -0.25) is 10.2 Å². The molecule has 0 saturated heterocycles. The Morgan fingerprint density at radius 1 is 1.67 bits per heavy atom. The van der Waals surface area contributed by atoms with E-state index in [2.05, 4.69) is 5.43 Å². The van der Waals surface area contributed by atoms with E-state index in [1.807, 2.05) is 13.8 Å². The molecule has 0 aliphatic carbocycles. The summed E-state index contributed by atoms with van der Waals surface area (Å²) in [5, 5.41) is 0. The Bertz CT molecular complexity index is 296. The lowest BCUT2D eigenvalue weighted by atomic mass is 10.1. The maximum atomic E-state index is 11.3. The molecule has 1 unspecified atom stereocenters. The predicted octanol–water partition coefficient (Wildman–Crippen LogP) is 0.811. The van der Waals surface area contributed by atoms with Gasteiger partial charge >= 0.3 is 0 Å². The number of nitrogens with two attached hydrogens (primary N) is 1. The second kappa shape index (κ2) is 5.53. The Labute approximate surface area is 88.6 Å². The molecule has 5 nitrogen and oxygen atoms in total. The van der Waals surface area contributed by atoms with Crippen LogP contribution in [0, 0.1) is 5.92 Å². The Hall–Kier alpha value is -1.33. The van der Waals surface area contributed by atoms with Crippen molar-refractivity contribution >= 4 is 5.91 Å². The highest BCUT2D eigenvalue weighted by atomic mass is 16.5. The van der Waals surface area contributed by atoms with Gasteiger partial charge in [-0.05, 0) is 18.1 Å². The summed E-state index contributed by atoms with van der Waals surface area (Å²) < 4.78 is 10.5. The molecule has 0 aliphatic heterocycles. The van der Waals surface area contributed by atoms with Crippen molar-refractivity contribution in [3.63, 3.8) is 0 Å². The van der Waals surface area contributed by atoms with Crippen molar-refractivity contribution in [2.75, 3.05) is 0 Å². The van der Waals surface area contributed by atoms with Crippen LogP contribution in [0.1, 0.15) is 19.6 Å². The van der Waals surface area contributed by atoms with Crippen LogP contribution in [-0.2, 0) is 16.1 Å². The third kappa shape index (κ3) is 3.38. The maximum Gasteiger partial charge on any atom is 0.263 e. The second-order valence-corrected chi connectivity index (χ2v) is 3.56. The van der Waals surface area contributed by atoms with Crippen LogP contribution in [0.5, 0.6) is 0 Å². The van der Waals surface area contributed by atoms with Gasteiger partial charge in [-0.25, -0.2) is 5.84 Å². The predicted molar refractivity (Wildman–Crippen MR) is 54.5 cm³/mol. The molecule has 1 atom stereocenters. The highest BCUT2D eigenvalue weighted by molar-refractivity contribution is 5.80. The number of hydrogen-bond acceptors (Lipinski definition) is 4. The van der Waals surface area contributed by atoms with Crippen molar-refractivity contribution in [2.24, 2.45) is 11.8 Å². The van der Waals surface area contributed by atoms with Gasteiger partial charge in [0.25, 0.3) is 5.91 Å². The van der Waals surface area contributed by atoms with Crippen molar-refractivity contribution in [1.29, 1.82) is 0 Å². The number of furan rings is 1. The number of rotatable bonds is 5. The quantitative estimate of drug-likeness (QED) is 0.430. The minimum Gasteiger partial charge on any atom is -0.467 e. The van der Waals surface area contributed by atoms with E-state index in [0.29, 0.717) is 5.76 Å². The summed E-state index contributed by atoms with van der Waals surface area (Å²) in [6, 6.07) is 3.56. The van der Waals surface area contributed by atoms with Crippen LogP contribution in [0.25, 0.3) is 0 Å². The summed E-state index contributed by atoms with van der Waals surface area (Å²) in [6.45, 7) is 4.05. The Morgan fingerprint density at radius 2 is 2.40 bits per heavy atom. The number of carbonyl (C=O) groups is 1. The average molecular weight is 212 g/mol. The monoisotopic (exact) mass is 212 g/mol. The van der Waals surface area contributed by atoms with Gasteiger partial charge in [-0.15, -0.1) is 0 Å². The molecule has 0 bridgehead atoms. The van der Waals surface area contributed by atoms with Gasteiger partial charge < -0.3 is 9.15 Å². The third-order valence-corrected chi connectivity index (χ3v) is 1.99.